The maximum atomic E-state index is 12.3. The molecule has 1 N–H and O–H groups in total. The van der Waals surface area contributed by atoms with E-state index in [9.17, 15) is 9.59 Å². The fourth-order valence-corrected chi connectivity index (χ4v) is 2.45. The SMILES string of the molecule is CCC(C(=O)NCC#Cc1ccc(C(C)=O)cc1)c1ccccc1. The van der Waals surface area contributed by atoms with Crippen molar-refractivity contribution in [3.8, 4) is 11.8 Å². The molecule has 3 heteroatoms. The molecule has 1 atom stereocenters. The maximum absolute atomic E-state index is 12.3. The number of carbonyl (C=O) groups is 2. The molecule has 0 spiro atoms. The lowest BCUT2D eigenvalue weighted by Crippen LogP contribution is -2.29. The van der Waals surface area contributed by atoms with Gasteiger partial charge in [-0.25, -0.2) is 0 Å². The van der Waals surface area contributed by atoms with Gasteiger partial charge in [-0.1, -0.05) is 61.2 Å². The summed E-state index contributed by atoms with van der Waals surface area (Å²) in [5.74, 6) is 5.81. The second-order valence-electron chi connectivity index (χ2n) is 5.52. The first kappa shape index (κ1) is 17.5. The van der Waals surface area contributed by atoms with Crippen LogP contribution in [-0.4, -0.2) is 18.2 Å². The van der Waals surface area contributed by atoms with Crippen LogP contribution in [0.5, 0.6) is 0 Å². The van der Waals surface area contributed by atoms with Gasteiger partial charge in [-0.2, -0.15) is 0 Å². The van der Waals surface area contributed by atoms with Gasteiger partial charge in [-0.05, 0) is 31.0 Å². The number of hydrogen-bond acceptors (Lipinski definition) is 2. The van der Waals surface area contributed by atoms with E-state index >= 15 is 0 Å². The number of nitrogens with one attached hydrogen (secondary N) is 1. The fourth-order valence-electron chi connectivity index (χ4n) is 2.45. The second-order valence-corrected chi connectivity index (χ2v) is 5.52. The summed E-state index contributed by atoms with van der Waals surface area (Å²) in [7, 11) is 0. The van der Waals surface area contributed by atoms with Crippen molar-refractivity contribution in [2.45, 2.75) is 26.2 Å². The van der Waals surface area contributed by atoms with E-state index in [4.69, 9.17) is 0 Å². The summed E-state index contributed by atoms with van der Waals surface area (Å²) >= 11 is 0. The Morgan fingerprint density at radius 2 is 1.71 bits per heavy atom. The molecule has 2 rings (SSSR count). The molecule has 0 saturated carbocycles. The van der Waals surface area contributed by atoms with Gasteiger partial charge in [-0.3, -0.25) is 9.59 Å². The van der Waals surface area contributed by atoms with Crippen LogP contribution in [0.4, 0.5) is 0 Å². The number of carbonyl (C=O) groups excluding carboxylic acids is 2. The van der Waals surface area contributed by atoms with Crippen LogP contribution >= 0.6 is 0 Å². The average Bonchev–Trinajstić information content (AvgIpc) is 2.61. The van der Waals surface area contributed by atoms with Gasteiger partial charge in [0, 0.05) is 11.1 Å². The summed E-state index contributed by atoms with van der Waals surface area (Å²) in [5.41, 5.74) is 2.51. The Hall–Kier alpha value is -2.86. The van der Waals surface area contributed by atoms with E-state index in [1.807, 2.05) is 49.4 Å². The van der Waals surface area contributed by atoms with Gasteiger partial charge in [0.05, 0.1) is 12.5 Å². The number of amides is 1. The van der Waals surface area contributed by atoms with E-state index in [1.54, 1.807) is 12.1 Å². The van der Waals surface area contributed by atoms with Gasteiger partial charge < -0.3 is 5.32 Å². The summed E-state index contributed by atoms with van der Waals surface area (Å²) in [4.78, 5) is 23.5. The summed E-state index contributed by atoms with van der Waals surface area (Å²) in [6, 6.07) is 16.9. The van der Waals surface area contributed by atoms with E-state index in [-0.39, 0.29) is 17.6 Å². The van der Waals surface area contributed by atoms with Crippen molar-refractivity contribution in [2.24, 2.45) is 0 Å². The normalized spacial score (nSPS) is 11.1. The van der Waals surface area contributed by atoms with Gasteiger partial charge in [0.1, 0.15) is 0 Å². The number of Topliss-reactive ketones (excluding diaryl/α,β-unsaturated/α-hetero) is 1. The van der Waals surface area contributed by atoms with Crippen molar-refractivity contribution in [3.05, 3.63) is 71.3 Å². The molecule has 0 aliphatic carbocycles. The van der Waals surface area contributed by atoms with Crippen LogP contribution in [-0.2, 0) is 4.79 Å². The molecule has 0 aromatic heterocycles. The summed E-state index contributed by atoms with van der Waals surface area (Å²) < 4.78 is 0. The third-order valence-corrected chi connectivity index (χ3v) is 3.80. The largest absolute Gasteiger partial charge is 0.345 e. The van der Waals surface area contributed by atoms with Crippen LogP contribution in [0.2, 0.25) is 0 Å². The highest BCUT2D eigenvalue weighted by molar-refractivity contribution is 5.94. The van der Waals surface area contributed by atoms with Gasteiger partial charge in [0.25, 0.3) is 0 Å². The number of ketones is 1. The minimum atomic E-state index is -0.150. The molecule has 0 radical (unpaired) electrons. The maximum Gasteiger partial charge on any atom is 0.228 e. The predicted octanol–water partition coefficient (Wildman–Crippen LogP) is 3.55. The van der Waals surface area contributed by atoms with Crippen LogP contribution in [0, 0.1) is 11.8 Å². The molecule has 2 aromatic carbocycles. The lowest BCUT2D eigenvalue weighted by molar-refractivity contribution is -0.122. The third-order valence-electron chi connectivity index (χ3n) is 3.80. The Labute approximate surface area is 143 Å². The van der Waals surface area contributed by atoms with Crippen molar-refractivity contribution < 1.29 is 9.59 Å². The summed E-state index contributed by atoms with van der Waals surface area (Å²) in [6.45, 7) is 3.84. The number of hydrogen-bond donors (Lipinski definition) is 1. The van der Waals surface area contributed by atoms with Crippen LogP contribution in [0.25, 0.3) is 0 Å². The number of rotatable bonds is 5. The average molecular weight is 319 g/mol. The molecule has 24 heavy (non-hydrogen) atoms. The molecule has 1 unspecified atom stereocenters. The third kappa shape index (κ3) is 4.82. The van der Waals surface area contributed by atoms with Gasteiger partial charge in [0.15, 0.2) is 5.78 Å². The van der Waals surface area contributed by atoms with E-state index in [0.29, 0.717) is 12.1 Å². The monoisotopic (exact) mass is 319 g/mol. The van der Waals surface area contributed by atoms with Crippen LogP contribution < -0.4 is 5.32 Å². The van der Waals surface area contributed by atoms with Crippen molar-refractivity contribution in [3.63, 3.8) is 0 Å². The highest BCUT2D eigenvalue weighted by Gasteiger charge is 2.17. The fraction of sp³-hybridized carbons (Fsp3) is 0.238. The molecule has 0 saturated heterocycles. The predicted molar refractivity (Wildman–Crippen MR) is 95.8 cm³/mol. The second kappa shape index (κ2) is 8.69. The van der Waals surface area contributed by atoms with E-state index in [2.05, 4.69) is 17.2 Å². The first-order valence-corrected chi connectivity index (χ1v) is 8.04. The topological polar surface area (TPSA) is 46.2 Å². The zero-order valence-electron chi connectivity index (χ0n) is 14.0. The van der Waals surface area contributed by atoms with Gasteiger partial charge >= 0.3 is 0 Å². The zero-order valence-corrected chi connectivity index (χ0v) is 14.0. The molecular formula is C21H21NO2. The van der Waals surface area contributed by atoms with Crippen molar-refractivity contribution in [1.29, 1.82) is 0 Å². The van der Waals surface area contributed by atoms with Gasteiger partial charge in [-0.15, -0.1) is 0 Å². The standard InChI is InChI=1S/C21H21NO2/c1-3-20(19-9-5-4-6-10-19)21(24)22-15-7-8-17-11-13-18(14-12-17)16(2)23/h4-6,9-14,20H,3,15H2,1-2H3,(H,22,24). The van der Waals surface area contributed by atoms with Crippen LogP contribution in [0.15, 0.2) is 54.6 Å². The lowest BCUT2D eigenvalue weighted by atomic mass is 9.96. The van der Waals surface area contributed by atoms with Crippen molar-refractivity contribution >= 4 is 11.7 Å². The highest BCUT2D eigenvalue weighted by Crippen LogP contribution is 2.18. The Morgan fingerprint density at radius 1 is 1.04 bits per heavy atom. The molecule has 2 aromatic rings. The minimum Gasteiger partial charge on any atom is -0.345 e. The minimum absolute atomic E-state index is 0.00933. The Kier molecular flexibility index (Phi) is 6.33. The molecular weight excluding hydrogens is 298 g/mol. The molecule has 122 valence electrons. The molecule has 0 aliphatic rings. The zero-order chi connectivity index (χ0) is 17.4. The van der Waals surface area contributed by atoms with Crippen LogP contribution in [0.1, 0.15) is 47.7 Å². The highest BCUT2D eigenvalue weighted by atomic mass is 16.1. The smallest absolute Gasteiger partial charge is 0.228 e. The van der Waals surface area contributed by atoms with E-state index in [0.717, 1.165) is 17.5 Å². The molecule has 0 fully saturated rings. The first-order chi connectivity index (χ1) is 11.6. The molecule has 0 aliphatic heterocycles. The molecule has 3 nitrogen and oxygen atoms in total. The van der Waals surface area contributed by atoms with Crippen molar-refractivity contribution in [1.82, 2.24) is 5.32 Å². The first-order valence-electron chi connectivity index (χ1n) is 8.04. The Balaban J connectivity index is 1.91. The number of benzene rings is 2. The summed E-state index contributed by atoms with van der Waals surface area (Å²) in [6.07, 6.45) is 0.746. The Bertz CT molecular complexity index is 752. The molecule has 1 amide bonds. The van der Waals surface area contributed by atoms with E-state index < -0.39 is 0 Å². The molecule has 0 bridgehead atoms. The Morgan fingerprint density at radius 3 is 2.29 bits per heavy atom. The summed E-state index contributed by atoms with van der Waals surface area (Å²) in [5, 5.41) is 2.87. The van der Waals surface area contributed by atoms with Crippen molar-refractivity contribution in [2.75, 3.05) is 6.54 Å². The van der Waals surface area contributed by atoms with E-state index in [1.165, 1.54) is 6.92 Å². The van der Waals surface area contributed by atoms with Gasteiger partial charge in [0.2, 0.25) is 5.91 Å². The quantitative estimate of drug-likeness (QED) is 0.677. The lowest BCUT2D eigenvalue weighted by Gasteiger charge is -2.14. The molecule has 0 heterocycles. The van der Waals surface area contributed by atoms with Crippen LogP contribution in [0.3, 0.4) is 0 Å².